The molecule has 0 radical (unpaired) electrons. The number of carbonyl (C=O) groups is 2. The number of hydrogen-bond acceptors (Lipinski definition) is 6. The molecular formula is C29H24ClN7O2S. The molecule has 0 saturated carbocycles. The largest absolute Gasteiger partial charge is 0.337 e. The minimum Gasteiger partial charge on any atom is -0.337 e. The van der Waals surface area contributed by atoms with Crippen molar-refractivity contribution in [2.45, 2.75) is 19.3 Å². The highest BCUT2D eigenvalue weighted by Gasteiger charge is 2.26. The van der Waals surface area contributed by atoms with Crippen LogP contribution in [0.15, 0.2) is 89.9 Å². The molecule has 0 N–H and O–H groups in total. The highest BCUT2D eigenvalue weighted by atomic mass is 35.5. The van der Waals surface area contributed by atoms with Crippen molar-refractivity contribution in [3.8, 4) is 22.6 Å². The van der Waals surface area contributed by atoms with Crippen LogP contribution in [0.25, 0.3) is 22.6 Å². The third kappa shape index (κ3) is 5.23. The Morgan fingerprint density at radius 3 is 2.17 bits per heavy atom. The van der Waals surface area contributed by atoms with Crippen molar-refractivity contribution in [2.75, 3.05) is 13.1 Å². The monoisotopic (exact) mass is 569 g/mol. The smallest absolute Gasteiger partial charge is 0.301 e. The topological polar surface area (TPSA) is 98.3 Å². The molecule has 2 aromatic heterocycles. The molecular weight excluding hydrogens is 546 g/mol. The van der Waals surface area contributed by atoms with E-state index >= 15 is 0 Å². The van der Waals surface area contributed by atoms with Crippen LogP contribution in [0.1, 0.15) is 40.2 Å². The summed E-state index contributed by atoms with van der Waals surface area (Å²) in [5.74, 6) is -0.855. The van der Waals surface area contributed by atoms with Crippen LogP contribution in [0.4, 0.5) is 0 Å². The lowest BCUT2D eigenvalue weighted by molar-refractivity contribution is 0.0716. The zero-order valence-corrected chi connectivity index (χ0v) is 22.9. The highest BCUT2D eigenvalue weighted by molar-refractivity contribution is 7.04. The minimum absolute atomic E-state index is 0.0814. The molecule has 0 bridgehead atoms. The van der Waals surface area contributed by atoms with Crippen LogP contribution in [-0.2, 0) is 0 Å². The minimum atomic E-state index is -0.611. The Kier molecular flexibility index (Phi) is 7.35. The van der Waals surface area contributed by atoms with Crippen molar-refractivity contribution in [3.63, 3.8) is 0 Å². The molecule has 0 aliphatic carbocycles. The molecule has 40 heavy (non-hydrogen) atoms. The Morgan fingerprint density at radius 1 is 0.800 bits per heavy atom. The molecule has 1 saturated heterocycles. The number of halogens is 1. The maximum atomic E-state index is 13.7. The van der Waals surface area contributed by atoms with Gasteiger partial charge in [-0.2, -0.15) is 9.06 Å². The fourth-order valence-corrected chi connectivity index (χ4v) is 5.57. The normalized spacial score (nSPS) is 13.9. The van der Waals surface area contributed by atoms with E-state index in [2.05, 4.69) is 20.4 Å². The lowest BCUT2D eigenvalue weighted by Crippen LogP contribution is -2.38. The molecule has 11 heteroatoms. The van der Waals surface area contributed by atoms with E-state index in [0.717, 1.165) is 42.0 Å². The van der Waals surface area contributed by atoms with Crippen LogP contribution in [0.3, 0.4) is 0 Å². The summed E-state index contributed by atoms with van der Waals surface area (Å²) in [5.41, 5.74) is 2.95. The maximum Gasteiger partial charge on any atom is 0.301 e. The van der Waals surface area contributed by atoms with Crippen LogP contribution in [0.2, 0.25) is 5.02 Å². The molecule has 5 aromatic rings. The SMILES string of the molecule is O=C(N=c1sn(-c2ccc(Cl)cc2)nc1C(=O)N1CCCCC1)c1nnn(-c2ccccc2)c1-c1ccccc1. The second-order valence-electron chi connectivity index (χ2n) is 9.26. The van der Waals surface area contributed by atoms with Crippen molar-refractivity contribution >= 4 is 34.9 Å². The molecule has 6 rings (SSSR count). The lowest BCUT2D eigenvalue weighted by Gasteiger charge is -2.25. The Balaban J connectivity index is 1.47. The van der Waals surface area contributed by atoms with Crippen molar-refractivity contribution in [1.29, 1.82) is 0 Å². The molecule has 200 valence electrons. The van der Waals surface area contributed by atoms with Crippen LogP contribution in [0.5, 0.6) is 0 Å². The first-order chi connectivity index (χ1) is 19.6. The van der Waals surface area contributed by atoms with Gasteiger partial charge in [0.2, 0.25) is 0 Å². The Morgan fingerprint density at radius 2 is 1.48 bits per heavy atom. The number of piperidine rings is 1. The first kappa shape index (κ1) is 25.8. The Labute approximate surface area is 239 Å². The van der Waals surface area contributed by atoms with Crippen LogP contribution < -0.4 is 4.67 Å². The lowest BCUT2D eigenvalue weighted by atomic mass is 10.1. The van der Waals surface area contributed by atoms with Gasteiger partial charge in [0, 0.05) is 23.7 Å². The quantitative estimate of drug-likeness (QED) is 0.290. The standard InChI is InChI=1S/C29H24ClN7O2S/c30-21-14-16-23(17-15-21)37-33-25(29(39)35-18-8-3-9-19-35)28(40-37)31-27(38)24-26(20-10-4-1-5-11-20)36(34-32-24)22-12-6-2-7-13-22/h1-2,4-7,10-17H,3,8-9,18-19H2. The third-order valence-electron chi connectivity index (χ3n) is 6.58. The second-order valence-corrected chi connectivity index (χ2v) is 10.6. The molecule has 1 aliphatic heterocycles. The number of aromatic nitrogens is 5. The average Bonchev–Trinajstić information content (AvgIpc) is 3.64. The van der Waals surface area contributed by atoms with Gasteiger partial charge in [-0.3, -0.25) is 9.59 Å². The van der Waals surface area contributed by atoms with E-state index in [1.807, 2.05) is 60.7 Å². The van der Waals surface area contributed by atoms with Crippen LogP contribution >= 0.6 is 23.1 Å². The van der Waals surface area contributed by atoms with E-state index in [0.29, 0.717) is 29.5 Å². The molecule has 0 atom stereocenters. The molecule has 9 nitrogen and oxygen atoms in total. The van der Waals surface area contributed by atoms with Gasteiger partial charge in [0.1, 0.15) is 5.69 Å². The van der Waals surface area contributed by atoms with Crippen LogP contribution in [-0.4, -0.2) is 54.0 Å². The summed E-state index contributed by atoms with van der Waals surface area (Å²) in [6.07, 6.45) is 2.95. The summed E-state index contributed by atoms with van der Waals surface area (Å²) in [4.78, 5) is 33.5. The van der Waals surface area contributed by atoms with Crippen molar-refractivity contribution in [3.05, 3.63) is 106 Å². The number of nitrogens with zero attached hydrogens (tertiary/aromatic N) is 7. The van der Waals surface area contributed by atoms with Crippen molar-refractivity contribution in [2.24, 2.45) is 4.99 Å². The Hall–Kier alpha value is -4.41. The number of hydrogen-bond donors (Lipinski definition) is 0. The molecule has 3 aromatic carbocycles. The van der Waals surface area contributed by atoms with Gasteiger partial charge in [-0.05, 0) is 67.2 Å². The van der Waals surface area contributed by atoms with Gasteiger partial charge in [-0.15, -0.1) is 10.2 Å². The van der Waals surface area contributed by atoms with Gasteiger partial charge in [-0.1, -0.05) is 65.3 Å². The number of para-hydroxylation sites is 1. The van der Waals surface area contributed by atoms with Gasteiger partial charge >= 0.3 is 5.91 Å². The highest BCUT2D eigenvalue weighted by Crippen LogP contribution is 2.26. The zero-order valence-electron chi connectivity index (χ0n) is 21.4. The van der Waals surface area contributed by atoms with Gasteiger partial charge in [-0.25, -0.2) is 4.68 Å². The van der Waals surface area contributed by atoms with E-state index in [-0.39, 0.29) is 22.0 Å². The number of rotatable bonds is 5. The predicted molar refractivity (Wildman–Crippen MR) is 153 cm³/mol. The van der Waals surface area contributed by atoms with E-state index in [1.165, 1.54) is 0 Å². The van der Waals surface area contributed by atoms with Crippen molar-refractivity contribution in [1.82, 2.24) is 29.1 Å². The summed E-state index contributed by atoms with van der Waals surface area (Å²) in [7, 11) is 0. The second kappa shape index (κ2) is 11.4. The molecule has 1 aliphatic rings. The third-order valence-corrected chi connectivity index (χ3v) is 7.76. The van der Waals surface area contributed by atoms with Crippen LogP contribution in [0, 0.1) is 0 Å². The number of likely N-dealkylation sites (tertiary alicyclic amines) is 1. The summed E-state index contributed by atoms with van der Waals surface area (Å²) in [6, 6.07) is 26.0. The van der Waals surface area contributed by atoms with E-state index < -0.39 is 5.91 Å². The molecule has 2 amide bonds. The fraction of sp³-hybridized carbons (Fsp3) is 0.172. The first-order valence-corrected chi connectivity index (χ1v) is 14.0. The summed E-state index contributed by atoms with van der Waals surface area (Å²) in [6.45, 7) is 1.29. The number of carbonyl (C=O) groups excluding carboxylic acids is 2. The maximum absolute atomic E-state index is 13.7. The molecule has 0 spiro atoms. The summed E-state index contributed by atoms with van der Waals surface area (Å²) >= 11 is 7.18. The molecule has 0 unspecified atom stereocenters. The van der Waals surface area contributed by atoms with E-state index in [1.54, 1.807) is 37.9 Å². The van der Waals surface area contributed by atoms with E-state index in [4.69, 9.17) is 11.6 Å². The zero-order chi connectivity index (χ0) is 27.5. The van der Waals surface area contributed by atoms with Gasteiger partial charge in [0.15, 0.2) is 16.1 Å². The number of benzene rings is 3. The van der Waals surface area contributed by atoms with Gasteiger partial charge in [0.25, 0.3) is 5.91 Å². The molecule has 3 heterocycles. The molecule has 1 fully saturated rings. The van der Waals surface area contributed by atoms with Gasteiger partial charge < -0.3 is 4.90 Å². The Bertz CT molecular complexity index is 1720. The fourth-order valence-electron chi connectivity index (χ4n) is 4.59. The average molecular weight is 570 g/mol. The first-order valence-electron chi connectivity index (χ1n) is 12.9. The number of amides is 2. The van der Waals surface area contributed by atoms with Gasteiger partial charge in [0.05, 0.1) is 11.4 Å². The van der Waals surface area contributed by atoms with E-state index in [9.17, 15) is 9.59 Å². The predicted octanol–water partition coefficient (Wildman–Crippen LogP) is 5.20. The van der Waals surface area contributed by atoms with Crippen molar-refractivity contribution < 1.29 is 9.59 Å². The summed E-state index contributed by atoms with van der Waals surface area (Å²) < 4.78 is 3.42. The summed E-state index contributed by atoms with van der Waals surface area (Å²) in [5, 5.41) is 13.7.